The van der Waals surface area contributed by atoms with E-state index in [0.29, 0.717) is 5.82 Å². The highest BCUT2D eigenvalue weighted by Gasteiger charge is 2.22. The minimum atomic E-state index is -1.21. The Bertz CT molecular complexity index is 1120. The van der Waals surface area contributed by atoms with E-state index in [9.17, 15) is 4.55 Å². The highest BCUT2D eigenvalue weighted by atomic mass is 32.2. The Kier molecular flexibility index (Phi) is 4.61. The molecule has 142 valence electrons. The maximum atomic E-state index is 12.8. The van der Waals surface area contributed by atoms with Crippen LogP contribution in [0.3, 0.4) is 0 Å². The molecule has 6 heteroatoms. The first-order chi connectivity index (χ1) is 13.4. The van der Waals surface area contributed by atoms with Crippen LogP contribution in [0.2, 0.25) is 0 Å². The Morgan fingerprint density at radius 2 is 1.57 bits per heavy atom. The number of anilines is 1. The van der Waals surface area contributed by atoms with E-state index in [1.54, 1.807) is 0 Å². The van der Waals surface area contributed by atoms with E-state index < -0.39 is 11.2 Å². The summed E-state index contributed by atoms with van der Waals surface area (Å²) in [6, 6.07) is 17.2. The van der Waals surface area contributed by atoms with Gasteiger partial charge in [0.05, 0.1) is 5.39 Å². The quantitative estimate of drug-likeness (QED) is 0.518. The second-order valence-corrected chi connectivity index (χ2v) is 9.13. The van der Waals surface area contributed by atoms with Gasteiger partial charge in [0.2, 0.25) is 0 Å². The minimum absolute atomic E-state index is 0.147. The van der Waals surface area contributed by atoms with Gasteiger partial charge in [0, 0.05) is 28.5 Å². The van der Waals surface area contributed by atoms with E-state index in [2.05, 4.69) is 41.5 Å². The summed E-state index contributed by atoms with van der Waals surface area (Å²) in [7, 11) is 0. The fraction of sp³-hybridized carbons (Fsp3) is 0.182. The molecule has 4 rings (SSSR count). The number of aromatic nitrogens is 3. The van der Waals surface area contributed by atoms with Crippen molar-refractivity contribution in [2.75, 3.05) is 5.73 Å². The summed E-state index contributed by atoms with van der Waals surface area (Å²) in [5.74, 6) is 0.458. The zero-order chi connectivity index (χ0) is 19.9. The summed E-state index contributed by atoms with van der Waals surface area (Å²) in [6.07, 6.45) is 3.56. The molecule has 28 heavy (non-hydrogen) atoms. The summed E-state index contributed by atoms with van der Waals surface area (Å²) < 4.78 is 14.9. The van der Waals surface area contributed by atoms with Crippen LogP contribution in [0.15, 0.2) is 76.9 Å². The van der Waals surface area contributed by atoms with Crippen LogP contribution >= 0.6 is 0 Å². The molecule has 0 aliphatic carbocycles. The number of rotatable bonds is 3. The lowest BCUT2D eigenvalue weighted by Gasteiger charge is -2.21. The van der Waals surface area contributed by atoms with E-state index in [0.717, 1.165) is 32.0 Å². The van der Waals surface area contributed by atoms with Crippen molar-refractivity contribution in [2.24, 2.45) is 0 Å². The molecule has 2 heterocycles. The molecule has 2 aromatic heterocycles. The van der Waals surface area contributed by atoms with E-state index >= 15 is 0 Å². The lowest BCUT2D eigenvalue weighted by atomic mass is 10.1. The fourth-order valence-electron chi connectivity index (χ4n) is 3.25. The number of hydrogen-bond acceptors (Lipinski definition) is 4. The Labute approximate surface area is 167 Å². The van der Waals surface area contributed by atoms with Gasteiger partial charge in [-0.15, -0.1) is 0 Å². The molecule has 0 saturated heterocycles. The van der Waals surface area contributed by atoms with Gasteiger partial charge < -0.3 is 14.9 Å². The van der Waals surface area contributed by atoms with Crippen LogP contribution in [-0.4, -0.2) is 19.1 Å². The lowest BCUT2D eigenvalue weighted by molar-refractivity contribution is 0.408. The van der Waals surface area contributed by atoms with E-state index in [1.165, 1.54) is 6.33 Å². The maximum Gasteiger partial charge on any atom is 0.158 e. The lowest BCUT2D eigenvalue weighted by Crippen LogP contribution is -2.21. The SMILES string of the molecule is CC(C)(C)n1cc(-c2ccc([S+]([O-])c3ccccc3)cc2)c2c(N)ncnc21. The van der Waals surface area contributed by atoms with Gasteiger partial charge in [-0.25, -0.2) is 9.97 Å². The number of nitrogens with zero attached hydrogens (tertiary/aromatic N) is 3. The van der Waals surface area contributed by atoms with E-state index in [4.69, 9.17) is 5.73 Å². The van der Waals surface area contributed by atoms with Gasteiger partial charge in [0.15, 0.2) is 9.79 Å². The molecule has 1 unspecified atom stereocenters. The van der Waals surface area contributed by atoms with Gasteiger partial charge in [0.1, 0.15) is 17.8 Å². The predicted octanol–water partition coefficient (Wildman–Crippen LogP) is 4.60. The van der Waals surface area contributed by atoms with Crippen LogP contribution in [0.1, 0.15) is 20.8 Å². The zero-order valence-corrected chi connectivity index (χ0v) is 16.9. The van der Waals surface area contributed by atoms with Crippen molar-refractivity contribution in [3.8, 4) is 11.1 Å². The number of nitrogen functional groups attached to an aromatic ring is 1. The van der Waals surface area contributed by atoms with Gasteiger partial charge in [-0.1, -0.05) is 18.2 Å². The fourth-order valence-corrected chi connectivity index (χ4v) is 4.31. The second-order valence-electron chi connectivity index (χ2n) is 7.65. The van der Waals surface area contributed by atoms with Crippen molar-refractivity contribution in [1.29, 1.82) is 0 Å². The smallest absolute Gasteiger partial charge is 0.158 e. The topological polar surface area (TPSA) is 79.8 Å². The van der Waals surface area contributed by atoms with Gasteiger partial charge in [-0.2, -0.15) is 0 Å². The molecular formula is C22H22N4OS. The average Bonchev–Trinajstić information content (AvgIpc) is 3.10. The molecule has 1 atom stereocenters. The molecular weight excluding hydrogens is 368 g/mol. The third-order valence-electron chi connectivity index (χ3n) is 4.67. The Morgan fingerprint density at radius 3 is 2.21 bits per heavy atom. The number of benzene rings is 2. The van der Waals surface area contributed by atoms with Crippen LogP contribution in [-0.2, 0) is 16.7 Å². The van der Waals surface area contributed by atoms with Gasteiger partial charge in [-0.05, 0) is 62.7 Å². The number of fused-ring (bicyclic) bond motifs is 1. The standard InChI is InChI=1S/C22H22N4OS/c1-22(2,3)26-13-18(19-20(23)24-14-25-21(19)26)15-9-11-17(12-10-15)28(27)16-7-5-4-6-8-16/h4-14H,1-3H3,(H2,23,24,25). The third kappa shape index (κ3) is 3.25. The van der Waals surface area contributed by atoms with Crippen LogP contribution in [0, 0.1) is 0 Å². The molecule has 0 radical (unpaired) electrons. The first-order valence-electron chi connectivity index (χ1n) is 9.05. The molecule has 0 amide bonds. The first-order valence-corrected chi connectivity index (χ1v) is 10.2. The van der Waals surface area contributed by atoms with E-state index in [-0.39, 0.29) is 5.54 Å². The zero-order valence-electron chi connectivity index (χ0n) is 16.1. The highest BCUT2D eigenvalue weighted by Crippen LogP contribution is 2.36. The molecule has 2 N–H and O–H groups in total. The molecule has 0 aliphatic rings. The molecule has 0 spiro atoms. The summed E-state index contributed by atoms with van der Waals surface area (Å²) in [6.45, 7) is 6.38. The summed E-state index contributed by atoms with van der Waals surface area (Å²) >= 11 is -1.21. The Balaban J connectivity index is 1.79. The molecule has 0 saturated carbocycles. The van der Waals surface area contributed by atoms with Crippen LogP contribution in [0.5, 0.6) is 0 Å². The average molecular weight is 391 g/mol. The van der Waals surface area contributed by atoms with E-state index in [1.807, 2.05) is 54.6 Å². The monoisotopic (exact) mass is 390 g/mol. The summed E-state index contributed by atoms with van der Waals surface area (Å²) in [4.78, 5) is 10.2. The van der Waals surface area contributed by atoms with Gasteiger partial charge in [-0.3, -0.25) is 0 Å². The first kappa shape index (κ1) is 18.5. The third-order valence-corrected chi connectivity index (χ3v) is 6.07. The normalized spacial score (nSPS) is 13.0. The van der Waals surface area contributed by atoms with Crippen molar-refractivity contribution < 1.29 is 4.55 Å². The van der Waals surface area contributed by atoms with Crippen LogP contribution in [0.25, 0.3) is 22.2 Å². The molecule has 5 nitrogen and oxygen atoms in total. The van der Waals surface area contributed by atoms with Crippen molar-refractivity contribution in [3.63, 3.8) is 0 Å². The highest BCUT2D eigenvalue weighted by molar-refractivity contribution is 7.91. The Morgan fingerprint density at radius 1 is 0.929 bits per heavy atom. The maximum absolute atomic E-state index is 12.8. The molecule has 0 bridgehead atoms. The predicted molar refractivity (Wildman–Crippen MR) is 113 cm³/mol. The minimum Gasteiger partial charge on any atom is -0.606 e. The van der Waals surface area contributed by atoms with Gasteiger partial charge >= 0.3 is 0 Å². The van der Waals surface area contributed by atoms with Gasteiger partial charge in [0.25, 0.3) is 0 Å². The molecule has 0 aliphatic heterocycles. The number of nitrogens with two attached hydrogens (primary N) is 1. The molecule has 4 aromatic rings. The Hall–Kier alpha value is -2.83. The molecule has 0 fully saturated rings. The summed E-state index contributed by atoms with van der Waals surface area (Å²) in [5.41, 5.74) is 8.82. The number of hydrogen-bond donors (Lipinski definition) is 1. The largest absolute Gasteiger partial charge is 0.606 e. The molecule has 2 aromatic carbocycles. The van der Waals surface area contributed by atoms with Crippen molar-refractivity contribution in [2.45, 2.75) is 36.1 Å². The van der Waals surface area contributed by atoms with Crippen molar-refractivity contribution in [3.05, 3.63) is 67.1 Å². The summed E-state index contributed by atoms with van der Waals surface area (Å²) in [5, 5.41) is 0.842. The van der Waals surface area contributed by atoms with Crippen molar-refractivity contribution >= 4 is 28.0 Å². The van der Waals surface area contributed by atoms with Crippen LogP contribution in [0.4, 0.5) is 5.82 Å². The second kappa shape index (κ2) is 6.96. The van der Waals surface area contributed by atoms with Crippen LogP contribution < -0.4 is 5.73 Å². The van der Waals surface area contributed by atoms with Crippen molar-refractivity contribution in [1.82, 2.24) is 14.5 Å².